The van der Waals surface area contributed by atoms with Gasteiger partial charge in [0.2, 0.25) is 0 Å². The van der Waals surface area contributed by atoms with E-state index in [-0.39, 0.29) is 5.54 Å². The van der Waals surface area contributed by atoms with E-state index in [9.17, 15) is 0 Å². The van der Waals surface area contributed by atoms with Crippen molar-refractivity contribution in [3.8, 4) is 0 Å². The standard InChI is InChI=1S/C11H22N2O2/c12-9-11(3-6-14-7-4-11)13-8-10-2-1-5-15-10/h10,13H,1-9,12H2. The molecule has 0 aromatic heterocycles. The van der Waals surface area contributed by atoms with E-state index in [0.717, 1.165) is 39.2 Å². The summed E-state index contributed by atoms with van der Waals surface area (Å²) in [6, 6.07) is 0. The van der Waals surface area contributed by atoms with Crippen molar-refractivity contribution in [2.45, 2.75) is 37.3 Å². The third kappa shape index (κ3) is 2.91. The van der Waals surface area contributed by atoms with Gasteiger partial charge in [-0.3, -0.25) is 0 Å². The van der Waals surface area contributed by atoms with Crippen molar-refractivity contribution >= 4 is 0 Å². The molecule has 0 saturated carbocycles. The zero-order valence-electron chi connectivity index (χ0n) is 9.34. The number of rotatable bonds is 4. The molecule has 2 rings (SSSR count). The summed E-state index contributed by atoms with van der Waals surface area (Å²) in [5.41, 5.74) is 5.97. The van der Waals surface area contributed by atoms with Crippen LogP contribution in [0.2, 0.25) is 0 Å². The van der Waals surface area contributed by atoms with Crippen molar-refractivity contribution < 1.29 is 9.47 Å². The molecule has 0 aromatic carbocycles. The van der Waals surface area contributed by atoms with Gasteiger partial charge in [-0.1, -0.05) is 0 Å². The monoisotopic (exact) mass is 214 g/mol. The smallest absolute Gasteiger partial charge is 0.0700 e. The summed E-state index contributed by atoms with van der Waals surface area (Å²) < 4.78 is 11.0. The Bertz CT molecular complexity index is 187. The molecule has 0 aliphatic carbocycles. The molecule has 0 aromatic rings. The van der Waals surface area contributed by atoms with Gasteiger partial charge in [-0.2, -0.15) is 0 Å². The van der Waals surface area contributed by atoms with Crippen LogP contribution < -0.4 is 11.1 Å². The summed E-state index contributed by atoms with van der Waals surface area (Å²) in [5.74, 6) is 0. The highest BCUT2D eigenvalue weighted by Crippen LogP contribution is 2.20. The Hall–Kier alpha value is -0.160. The molecule has 1 atom stereocenters. The summed E-state index contributed by atoms with van der Waals surface area (Å²) in [6.07, 6.45) is 4.83. The molecule has 1 unspecified atom stereocenters. The predicted molar refractivity (Wildman–Crippen MR) is 58.8 cm³/mol. The van der Waals surface area contributed by atoms with Crippen LogP contribution in [0.25, 0.3) is 0 Å². The van der Waals surface area contributed by atoms with Crippen molar-refractivity contribution in [2.75, 3.05) is 32.9 Å². The molecule has 2 aliphatic rings. The highest BCUT2D eigenvalue weighted by Gasteiger charge is 2.31. The van der Waals surface area contributed by atoms with Crippen molar-refractivity contribution in [3.05, 3.63) is 0 Å². The first-order valence-electron chi connectivity index (χ1n) is 5.99. The summed E-state index contributed by atoms with van der Waals surface area (Å²) in [4.78, 5) is 0. The average Bonchev–Trinajstić information content (AvgIpc) is 2.81. The Kier molecular flexibility index (Phi) is 3.97. The molecule has 2 fully saturated rings. The van der Waals surface area contributed by atoms with Gasteiger partial charge in [0.1, 0.15) is 0 Å². The zero-order valence-corrected chi connectivity index (χ0v) is 9.34. The highest BCUT2D eigenvalue weighted by molar-refractivity contribution is 4.92. The van der Waals surface area contributed by atoms with E-state index in [2.05, 4.69) is 5.32 Å². The normalized spacial score (nSPS) is 30.6. The van der Waals surface area contributed by atoms with Gasteiger partial charge >= 0.3 is 0 Å². The molecule has 0 radical (unpaired) electrons. The van der Waals surface area contributed by atoms with Crippen LogP contribution in [0.1, 0.15) is 25.7 Å². The lowest BCUT2D eigenvalue weighted by molar-refractivity contribution is 0.0317. The zero-order chi connectivity index (χ0) is 10.6. The van der Waals surface area contributed by atoms with E-state index < -0.39 is 0 Å². The van der Waals surface area contributed by atoms with Crippen LogP contribution in [0.5, 0.6) is 0 Å². The van der Waals surface area contributed by atoms with Gasteiger partial charge in [-0.15, -0.1) is 0 Å². The first kappa shape index (κ1) is 11.3. The van der Waals surface area contributed by atoms with Crippen LogP contribution in [0, 0.1) is 0 Å². The number of nitrogens with one attached hydrogen (secondary N) is 1. The average molecular weight is 214 g/mol. The minimum absolute atomic E-state index is 0.101. The van der Waals surface area contributed by atoms with Gasteiger partial charge in [-0.05, 0) is 25.7 Å². The summed E-state index contributed by atoms with van der Waals surface area (Å²) >= 11 is 0. The molecular weight excluding hydrogens is 192 g/mol. The molecule has 2 aliphatic heterocycles. The Labute approximate surface area is 91.5 Å². The fraction of sp³-hybridized carbons (Fsp3) is 1.00. The molecule has 2 saturated heterocycles. The van der Waals surface area contributed by atoms with Gasteiger partial charge in [0.15, 0.2) is 0 Å². The molecule has 4 nitrogen and oxygen atoms in total. The summed E-state index contributed by atoms with van der Waals surface area (Å²) in [6.45, 7) is 4.22. The maximum atomic E-state index is 5.86. The van der Waals surface area contributed by atoms with Gasteiger partial charge in [0.25, 0.3) is 0 Å². The predicted octanol–water partition coefficient (Wildman–Crippen LogP) is 0.263. The lowest BCUT2D eigenvalue weighted by Crippen LogP contribution is -2.56. The van der Waals surface area contributed by atoms with Crippen molar-refractivity contribution in [3.63, 3.8) is 0 Å². The molecular formula is C11H22N2O2. The number of nitrogens with two attached hydrogens (primary N) is 1. The van der Waals surface area contributed by atoms with Crippen molar-refractivity contribution in [2.24, 2.45) is 5.73 Å². The minimum Gasteiger partial charge on any atom is -0.381 e. The van der Waals surface area contributed by atoms with E-state index >= 15 is 0 Å². The summed E-state index contributed by atoms with van der Waals surface area (Å²) in [7, 11) is 0. The lowest BCUT2D eigenvalue weighted by atomic mass is 9.90. The molecule has 0 spiro atoms. The quantitative estimate of drug-likeness (QED) is 0.705. The van der Waals surface area contributed by atoms with Crippen LogP contribution in [0.15, 0.2) is 0 Å². The second-order valence-corrected chi connectivity index (χ2v) is 4.61. The minimum atomic E-state index is 0.101. The molecule has 2 heterocycles. The fourth-order valence-electron chi connectivity index (χ4n) is 2.35. The molecule has 0 amide bonds. The molecule has 4 heteroatoms. The fourth-order valence-corrected chi connectivity index (χ4v) is 2.35. The maximum Gasteiger partial charge on any atom is 0.0700 e. The second-order valence-electron chi connectivity index (χ2n) is 4.61. The van der Waals surface area contributed by atoms with Gasteiger partial charge in [0.05, 0.1) is 6.10 Å². The Morgan fingerprint density at radius 1 is 1.27 bits per heavy atom. The van der Waals surface area contributed by atoms with Gasteiger partial charge < -0.3 is 20.5 Å². The van der Waals surface area contributed by atoms with Gasteiger partial charge in [-0.25, -0.2) is 0 Å². The van der Waals surface area contributed by atoms with Crippen LogP contribution in [0.3, 0.4) is 0 Å². The van der Waals surface area contributed by atoms with E-state index in [1.54, 1.807) is 0 Å². The van der Waals surface area contributed by atoms with Crippen molar-refractivity contribution in [1.82, 2.24) is 5.32 Å². The SMILES string of the molecule is NCC1(NCC2CCCO2)CCOCC1. The topological polar surface area (TPSA) is 56.5 Å². The van der Waals surface area contributed by atoms with E-state index in [1.807, 2.05) is 0 Å². The van der Waals surface area contributed by atoms with E-state index in [1.165, 1.54) is 12.8 Å². The van der Waals surface area contributed by atoms with Crippen LogP contribution in [-0.4, -0.2) is 44.6 Å². The third-order valence-corrected chi connectivity index (χ3v) is 3.57. The first-order valence-corrected chi connectivity index (χ1v) is 5.99. The van der Waals surface area contributed by atoms with Gasteiger partial charge in [0, 0.05) is 38.4 Å². The molecule has 3 N–H and O–H groups in total. The Morgan fingerprint density at radius 2 is 2.07 bits per heavy atom. The lowest BCUT2D eigenvalue weighted by Gasteiger charge is -2.37. The second kappa shape index (κ2) is 5.25. The first-order chi connectivity index (χ1) is 7.35. The van der Waals surface area contributed by atoms with Crippen LogP contribution in [-0.2, 0) is 9.47 Å². The Morgan fingerprint density at radius 3 is 2.67 bits per heavy atom. The largest absolute Gasteiger partial charge is 0.381 e. The number of hydrogen-bond acceptors (Lipinski definition) is 4. The van der Waals surface area contributed by atoms with Crippen LogP contribution in [0.4, 0.5) is 0 Å². The number of hydrogen-bond donors (Lipinski definition) is 2. The maximum absolute atomic E-state index is 5.86. The highest BCUT2D eigenvalue weighted by atomic mass is 16.5. The summed E-state index contributed by atoms with van der Waals surface area (Å²) in [5, 5.41) is 3.60. The van der Waals surface area contributed by atoms with Crippen LogP contribution >= 0.6 is 0 Å². The molecule has 88 valence electrons. The number of ether oxygens (including phenoxy) is 2. The van der Waals surface area contributed by atoms with E-state index in [4.69, 9.17) is 15.2 Å². The third-order valence-electron chi connectivity index (χ3n) is 3.57. The van der Waals surface area contributed by atoms with E-state index in [0.29, 0.717) is 12.6 Å². The molecule has 15 heavy (non-hydrogen) atoms. The van der Waals surface area contributed by atoms with Crippen molar-refractivity contribution in [1.29, 1.82) is 0 Å². The molecule has 0 bridgehead atoms. The Balaban J connectivity index is 1.78.